The van der Waals surface area contributed by atoms with Crippen molar-refractivity contribution >= 4 is 81.1 Å². The van der Waals surface area contributed by atoms with Gasteiger partial charge in [-0.1, -0.05) is 109 Å². The van der Waals surface area contributed by atoms with Gasteiger partial charge in [0.15, 0.2) is 0 Å². The zero-order valence-corrected chi connectivity index (χ0v) is 27.3. The molecule has 7 aromatic carbocycles. The third-order valence-electron chi connectivity index (χ3n) is 9.67. The Morgan fingerprint density at radius 1 is 0.469 bits per heavy atom. The smallest absolute Gasteiger partial charge is 0.0640 e. The van der Waals surface area contributed by atoms with Crippen LogP contribution in [0.4, 0.5) is 17.1 Å². The average Bonchev–Trinajstić information content (AvgIpc) is 3.72. The number of fused-ring (bicyclic) bond motifs is 8. The molecule has 49 heavy (non-hydrogen) atoms. The van der Waals surface area contributed by atoms with Gasteiger partial charge in [0, 0.05) is 61.1 Å². The molecule has 10 rings (SSSR count). The first-order valence-electron chi connectivity index (χ1n) is 16.5. The lowest BCUT2D eigenvalue weighted by atomic mass is 10.0. The van der Waals surface area contributed by atoms with Crippen molar-refractivity contribution in [2.24, 2.45) is 0 Å². The average molecular weight is 644 g/mol. The number of anilines is 3. The SMILES string of the molecule is c1ccc(-c2ccc(N(c3ccc4c5ccccc5n(-c5ccccc5)c4c3)c3cccc4c3sc3c5cnccc5ccc43)cc2)cc1. The van der Waals surface area contributed by atoms with E-state index in [0.29, 0.717) is 0 Å². The Bertz CT molecular complexity index is 2820. The Labute approximate surface area is 287 Å². The van der Waals surface area contributed by atoms with Crippen LogP contribution in [-0.4, -0.2) is 9.55 Å². The zero-order valence-electron chi connectivity index (χ0n) is 26.5. The van der Waals surface area contributed by atoms with Crippen LogP contribution in [0.3, 0.4) is 0 Å². The van der Waals surface area contributed by atoms with Gasteiger partial charge in [0.2, 0.25) is 0 Å². The highest BCUT2D eigenvalue weighted by atomic mass is 32.1. The summed E-state index contributed by atoms with van der Waals surface area (Å²) >= 11 is 1.86. The van der Waals surface area contributed by atoms with Crippen molar-refractivity contribution in [2.45, 2.75) is 0 Å². The summed E-state index contributed by atoms with van der Waals surface area (Å²) < 4.78 is 4.92. The number of thiophene rings is 1. The van der Waals surface area contributed by atoms with Crippen LogP contribution in [0.2, 0.25) is 0 Å². The van der Waals surface area contributed by atoms with Crippen LogP contribution in [0, 0.1) is 0 Å². The third-order valence-corrected chi connectivity index (χ3v) is 10.9. The third kappa shape index (κ3) is 4.46. The fraction of sp³-hybridized carbons (Fsp3) is 0. The number of nitrogens with zero attached hydrogens (tertiary/aromatic N) is 3. The van der Waals surface area contributed by atoms with Gasteiger partial charge in [-0.05, 0) is 71.1 Å². The van der Waals surface area contributed by atoms with E-state index in [1.165, 1.54) is 63.9 Å². The molecule has 0 fully saturated rings. The molecule has 0 saturated heterocycles. The van der Waals surface area contributed by atoms with Gasteiger partial charge < -0.3 is 9.47 Å². The molecular weight excluding hydrogens is 615 g/mol. The monoisotopic (exact) mass is 643 g/mol. The Balaban J connectivity index is 1.24. The first kappa shape index (κ1) is 27.8. The largest absolute Gasteiger partial charge is 0.309 e. The lowest BCUT2D eigenvalue weighted by Crippen LogP contribution is -2.10. The minimum atomic E-state index is 1.11. The number of hydrogen-bond acceptors (Lipinski definition) is 3. The van der Waals surface area contributed by atoms with E-state index in [2.05, 4.69) is 178 Å². The summed E-state index contributed by atoms with van der Waals surface area (Å²) in [7, 11) is 0. The van der Waals surface area contributed by atoms with Gasteiger partial charge in [0.1, 0.15) is 0 Å². The van der Waals surface area contributed by atoms with Crippen molar-refractivity contribution in [3.8, 4) is 16.8 Å². The van der Waals surface area contributed by atoms with Crippen molar-refractivity contribution in [3.05, 3.63) is 176 Å². The number of pyridine rings is 1. The molecule has 10 aromatic rings. The van der Waals surface area contributed by atoms with Crippen LogP contribution in [0.15, 0.2) is 176 Å². The maximum absolute atomic E-state index is 4.49. The maximum atomic E-state index is 4.49. The van der Waals surface area contributed by atoms with E-state index in [1.807, 2.05) is 23.7 Å². The van der Waals surface area contributed by atoms with Crippen LogP contribution in [-0.2, 0) is 0 Å². The molecule has 230 valence electrons. The molecule has 0 atom stereocenters. The molecule has 0 saturated carbocycles. The predicted octanol–water partition coefficient (Wildman–Crippen LogP) is 12.8. The summed E-state index contributed by atoms with van der Waals surface area (Å²) in [6.45, 7) is 0. The van der Waals surface area contributed by atoms with Crippen LogP contribution in [0.25, 0.3) is 69.6 Å². The summed E-state index contributed by atoms with van der Waals surface area (Å²) in [5, 5.41) is 7.42. The lowest BCUT2D eigenvalue weighted by Gasteiger charge is -2.26. The Morgan fingerprint density at radius 3 is 2.00 bits per heavy atom. The van der Waals surface area contributed by atoms with E-state index in [4.69, 9.17) is 0 Å². The molecule has 0 unspecified atom stereocenters. The van der Waals surface area contributed by atoms with E-state index < -0.39 is 0 Å². The summed E-state index contributed by atoms with van der Waals surface area (Å²) in [6.07, 6.45) is 3.88. The minimum Gasteiger partial charge on any atom is -0.309 e. The second kappa shape index (κ2) is 11.2. The molecule has 0 aliphatic carbocycles. The van der Waals surface area contributed by atoms with E-state index in [9.17, 15) is 0 Å². The molecule has 3 aromatic heterocycles. The van der Waals surface area contributed by atoms with Gasteiger partial charge in [-0.2, -0.15) is 0 Å². The first-order chi connectivity index (χ1) is 24.3. The highest BCUT2D eigenvalue weighted by molar-refractivity contribution is 7.27. The van der Waals surface area contributed by atoms with Crippen molar-refractivity contribution in [1.82, 2.24) is 9.55 Å². The van der Waals surface area contributed by atoms with E-state index in [0.717, 1.165) is 22.7 Å². The lowest BCUT2D eigenvalue weighted by molar-refractivity contribution is 1.18. The molecule has 3 nitrogen and oxygen atoms in total. The number of rotatable bonds is 5. The standard InChI is InChI=1S/C45H29N3S/c1-3-10-30(11-4-1)31-18-21-34(22-19-31)47(42-17-9-15-38-39-24-20-32-26-27-46-29-40(32)44(39)49-45(38)42)35-23-25-37-36-14-7-8-16-41(36)48(43(37)28-35)33-12-5-2-6-13-33/h1-29H. The van der Waals surface area contributed by atoms with Crippen molar-refractivity contribution in [2.75, 3.05) is 4.90 Å². The molecule has 4 heteroatoms. The molecule has 0 N–H and O–H groups in total. The molecule has 0 aliphatic heterocycles. The Hall–Kier alpha value is -6.23. The number of benzene rings is 7. The fourth-order valence-corrected chi connectivity index (χ4v) is 8.72. The predicted molar refractivity (Wildman–Crippen MR) is 209 cm³/mol. The highest BCUT2D eigenvalue weighted by Crippen LogP contribution is 2.47. The number of aromatic nitrogens is 2. The van der Waals surface area contributed by atoms with Crippen LogP contribution in [0.5, 0.6) is 0 Å². The van der Waals surface area contributed by atoms with Crippen molar-refractivity contribution < 1.29 is 0 Å². The summed E-state index contributed by atoms with van der Waals surface area (Å²) in [4.78, 5) is 6.92. The van der Waals surface area contributed by atoms with Gasteiger partial charge in [0.25, 0.3) is 0 Å². The maximum Gasteiger partial charge on any atom is 0.0640 e. The Morgan fingerprint density at radius 2 is 1.14 bits per heavy atom. The Kier molecular flexibility index (Phi) is 6.36. The molecular formula is C45H29N3S. The molecule has 0 aliphatic rings. The van der Waals surface area contributed by atoms with Crippen molar-refractivity contribution in [3.63, 3.8) is 0 Å². The normalized spacial score (nSPS) is 11.7. The second-order valence-corrected chi connectivity index (χ2v) is 13.5. The number of para-hydroxylation sites is 2. The highest BCUT2D eigenvalue weighted by Gasteiger charge is 2.21. The second-order valence-electron chi connectivity index (χ2n) is 12.4. The quantitative estimate of drug-likeness (QED) is 0.186. The first-order valence-corrected chi connectivity index (χ1v) is 17.4. The van der Waals surface area contributed by atoms with E-state index >= 15 is 0 Å². The molecule has 0 radical (unpaired) electrons. The molecule has 3 heterocycles. The van der Waals surface area contributed by atoms with Crippen LogP contribution in [0.1, 0.15) is 0 Å². The van der Waals surface area contributed by atoms with Crippen molar-refractivity contribution in [1.29, 1.82) is 0 Å². The minimum absolute atomic E-state index is 1.11. The summed E-state index contributed by atoms with van der Waals surface area (Å²) in [5.74, 6) is 0. The van der Waals surface area contributed by atoms with Gasteiger partial charge in [-0.15, -0.1) is 11.3 Å². The van der Waals surface area contributed by atoms with E-state index in [1.54, 1.807) is 0 Å². The summed E-state index contributed by atoms with van der Waals surface area (Å²) in [5.41, 5.74) is 9.31. The van der Waals surface area contributed by atoms with Gasteiger partial charge in [0.05, 0.1) is 21.4 Å². The molecule has 0 spiro atoms. The molecule has 0 bridgehead atoms. The van der Waals surface area contributed by atoms with E-state index in [-0.39, 0.29) is 0 Å². The molecule has 0 amide bonds. The van der Waals surface area contributed by atoms with Gasteiger partial charge in [-0.25, -0.2) is 0 Å². The van der Waals surface area contributed by atoms with Gasteiger partial charge in [-0.3, -0.25) is 4.98 Å². The fourth-order valence-electron chi connectivity index (χ4n) is 7.39. The van der Waals surface area contributed by atoms with Gasteiger partial charge >= 0.3 is 0 Å². The number of hydrogen-bond donors (Lipinski definition) is 0. The zero-order chi connectivity index (χ0) is 32.3. The van der Waals surface area contributed by atoms with Crippen LogP contribution < -0.4 is 4.90 Å². The summed E-state index contributed by atoms with van der Waals surface area (Å²) in [6, 6.07) is 59.2. The van der Waals surface area contributed by atoms with Crippen LogP contribution >= 0.6 is 11.3 Å². The topological polar surface area (TPSA) is 21.1 Å².